The Labute approximate surface area is 83.8 Å². The van der Waals surface area contributed by atoms with Gasteiger partial charge in [0.05, 0.1) is 24.7 Å². The number of nitrogens with zero attached hydrogens (tertiary/aromatic N) is 1. The number of methoxy groups -OCH3 is 1. The van der Waals surface area contributed by atoms with E-state index in [0.717, 1.165) is 12.3 Å². The number of aromatic amines is 1. The highest BCUT2D eigenvalue weighted by molar-refractivity contribution is 5.71. The van der Waals surface area contributed by atoms with Crippen molar-refractivity contribution in [3.8, 4) is 0 Å². The number of carbonyl (C=O) groups is 1. The Balaban J connectivity index is 2.97. The molecule has 1 aromatic rings. The van der Waals surface area contributed by atoms with Crippen LogP contribution in [0.2, 0.25) is 0 Å². The van der Waals surface area contributed by atoms with E-state index < -0.39 is 22.0 Å². The van der Waals surface area contributed by atoms with Gasteiger partial charge in [-0.15, -0.1) is 0 Å². The summed E-state index contributed by atoms with van der Waals surface area (Å²) in [5.74, 6) is -0.528. The van der Waals surface area contributed by atoms with Gasteiger partial charge in [-0.3, -0.25) is 19.7 Å². The molecule has 0 spiro atoms. The molecular formula is C8H8N2O5. The number of rotatable bonds is 3. The lowest BCUT2D eigenvalue weighted by Crippen LogP contribution is -2.12. The number of H-pyrrole nitrogens is 1. The summed E-state index contributed by atoms with van der Waals surface area (Å²) < 4.78 is 4.38. The van der Waals surface area contributed by atoms with Crippen LogP contribution in [0.25, 0.3) is 0 Å². The second kappa shape index (κ2) is 4.36. The van der Waals surface area contributed by atoms with Gasteiger partial charge < -0.3 is 9.72 Å². The number of hydrogen-bond donors (Lipinski definition) is 1. The number of carbonyl (C=O) groups excluding carboxylic acids is 1. The third-order valence-electron chi connectivity index (χ3n) is 1.71. The van der Waals surface area contributed by atoms with Crippen LogP contribution in [0.4, 0.5) is 5.69 Å². The first-order valence-electron chi connectivity index (χ1n) is 3.97. The molecule has 1 rings (SSSR count). The molecule has 1 aromatic heterocycles. The lowest BCUT2D eigenvalue weighted by Gasteiger charge is -1.99. The van der Waals surface area contributed by atoms with Crippen molar-refractivity contribution in [2.75, 3.05) is 7.11 Å². The minimum Gasteiger partial charge on any atom is -0.469 e. The van der Waals surface area contributed by atoms with E-state index in [0.29, 0.717) is 0 Å². The molecule has 1 N–H and O–H groups in total. The smallest absolute Gasteiger partial charge is 0.332 e. The summed E-state index contributed by atoms with van der Waals surface area (Å²) in [4.78, 5) is 34.0. The Hall–Kier alpha value is -2.18. The summed E-state index contributed by atoms with van der Waals surface area (Å²) in [7, 11) is 1.21. The minimum atomic E-state index is -0.791. The first kappa shape index (κ1) is 10.9. The lowest BCUT2D eigenvalue weighted by molar-refractivity contribution is -0.386. The van der Waals surface area contributed by atoms with Gasteiger partial charge in [0, 0.05) is 11.8 Å². The van der Waals surface area contributed by atoms with E-state index >= 15 is 0 Å². The van der Waals surface area contributed by atoms with E-state index in [2.05, 4.69) is 9.72 Å². The molecule has 80 valence electrons. The first-order valence-corrected chi connectivity index (χ1v) is 3.97. The van der Waals surface area contributed by atoms with Crippen LogP contribution in [0.3, 0.4) is 0 Å². The zero-order chi connectivity index (χ0) is 11.4. The van der Waals surface area contributed by atoms with Crippen molar-refractivity contribution in [1.29, 1.82) is 0 Å². The number of ether oxygens (including phenoxy) is 1. The third kappa shape index (κ3) is 2.63. The molecule has 0 aliphatic heterocycles. The number of nitro groups is 1. The van der Waals surface area contributed by atoms with Gasteiger partial charge in [0.15, 0.2) is 0 Å². The second-order valence-corrected chi connectivity index (χ2v) is 2.72. The Morgan fingerprint density at radius 1 is 1.67 bits per heavy atom. The fraction of sp³-hybridized carbons (Fsp3) is 0.250. The highest BCUT2D eigenvalue weighted by Gasteiger charge is 2.13. The van der Waals surface area contributed by atoms with Gasteiger partial charge in [0.1, 0.15) is 0 Å². The minimum absolute atomic E-state index is 0.121. The van der Waals surface area contributed by atoms with Gasteiger partial charge in [-0.1, -0.05) is 0 Å². The Morgan fingerprint density at radius 2 is 2.33 bits per heavy atom. The predicted octanol–water partition coefficient (Wildman–Crippen LogP) is -0.00140. The van der Waals surface area contributed by atoms with E-state index in [1.165, 1.54) is 7.11 Å². The summed E-state index contributed by atoms with van der Waals surface area (Å²) in [6.45, 7) is 0. The van der Waals surface area contributed by atoms with Crippen molar-refractivity contribution >= 4 is 11.7 Å². The van der Waals surface area contributed by atoms with Crippen LogP contribution in [-0.2, 0) is 16.0 Å². The molecule has 0 atom stereocenters. The van der Waals surface area contributed by atoms with Gasteiger partial charge in [0.25, 0.3) is 5.43 Å². The van der Waals surface area contributed by atoms with Crippen molar-refractivity contribution in [3.05, 3.63) is 38.3 Å². The fourth-order valence-electron chi connectivity index (χ4n) is 0.978. The van der Waals surface area contributed by atoms with E-state index in [1.807, 2.05) is 0 Å². The van der Waals surface area contributed by atoms with Crippen molar-refractivity contribution in [3.63, 3.8) is 0 Å². The van der Waals surface area contributed by atoms with Crippen molar-refractivity contribution in [1.82, 2.24) is 4.98 Å². The molecule has 0 bridgehead atoms. The molecule has 0 aromatic carbocycles. The Morgan fingerprint density at radius 3 is 2.80 bits per heavy atom. The average Bonchev–Trinajstić information content (AvgIpc) is 2.17. The monoisotopic (exact) mass is 212 g/mol. The van der Waals surface area contributed by atoms with Crippen LogP contribution in [0.1, 0.15) is 5.69 Å². The van der Waals surface area contributed by atoms with Crippen molar-refractivity contribution in [2.45, 2.75) is 6.42 Å². The van der Waals surface area contributed by atoms with Gasteiger partial charge in [0.2, 0.25) is 0 Å². The standard InChI is InChI=1S/C8H8N2O5/c1-15-8(12)3-5-2-7(11)6(4-9-5)10(13)14/h2,4H,3H2,1H3,(H,9,11). The van der Waals surface area contributed by atoms with Crippen LogP contribution in [0.15, 0.2) is 17.1 Å². The molecule has 0 fully saturated rings. The SMILES string of the molecule is COC(=O)Cc1cc(=O)c([N+](=O)[O-])c[nH]1. The summed E-state index contributed by atoms with van der Waals surface area (Å²) >= 11 is 0. The molecule has 15 heavy (non-hydrogen) atoms. The molecule has 1 heterocycles. The number of hydrogen-bond acceptors (Lipinski definition) is 5. The highest BCUT2D eigenvalue weighted by atomic mass is 16.6. The van der Waals surface area contributed by atoms with Crippen LogP contribution in [0, 0.1) is 10.1 Å². The summed E-state index contributed by atoms with van der Waals surface area (Å²) in [5.41, 5.74) is -1.02. The molecule has 0 saturated carbocycles. The Bertz CT molecular complexity index is 451. The van der Waals surface area contributed by atoms with E-state index in [-0.39, 0.29) is 12.1 Å². The second-order valence-electron chi connectivity index (χ2n) is 2.72. The van der Waals surface area contributed by atoms with Gasteiger partial charge in [-0.2, -0.15) is 0 Å². The normalized spacial score (nSPS) is 9.67. The summed E-state index contributed by atoms with van der Waals surface area (Å²) in [5, 5.41) is 10.3. The molecule has 0 aliphatic carbocycles. The van der Waals surface area contributed by atoms with Crippen molar-refractivity contribution < 1.29 is 14.5 Å². The van der Waals surface area contributed by atoms with Gasteiger partial charge in [-0.25, -0.2) is 0 Å². The molecule has 0 radical (unpaired) electrons. The van der Waals surface area contributed by atoms with E-state index in [9.17, 15) is 19.7 Å². The van der Waals surface area contributed by atoms with Gasteiger partial charge >= 0.3 is 11.7 Å². The third-order valence-corrected chi connectivity index (χ3v) is 1.71. The fourth-order valence-corrected chi connectivity index (χ4v) is 0.978. The zero-order valence-electron chi connectivity index (χ0n) is 7.85. The van der Waals surface area contributed by atoms with Crippen LogP contribution < -0.4 is 5.43 Å². The molecule has 0 unspecified atom stereocenters. The maximum absolute atomic E-state index is 11.1. The maximum Gasteiger partial charge on any atom is 0.332 e. The number of esters is 1. The van der Waals surface area contributed by atoms with Crippen LogP contribution >= 0.6 is 0 Å². The number of aromatic nitrogens is 1. The topological polar surface area (TPSA) is 102 Å². The van der Waals surface area contributed by atoms with E-state index in [1.54, 1.807) is 0 Å². The average molecular weight is 212 g/mol. The molecule has 0 saturated heterocycles. The largest absolute Gasteiger partial charge is 0.469 e. The Kier molecular flexibility index (Phi) is 3.17. The number of pyridine rings is 1. The van der Waals surface area contributed by atoms with E-state index in [4.69, 9.17) is 0 Å². The lowest BCUT2D eigenvalue weighted by atomic mass is 10.2. The zero-order valence-corrected chi connectivity index (χ0v) is 7.85. The molecule has 7 heteroatoms. The molecule has 7 nitrogen and oxygen atoms in total. The predicted molar refractivity (Wildman–Crippen MR) is 49.4 cm³/mol. The molecule has 0 aliphatic rings. The highest BCUT2D eigenvalue weighted by Crippen LogP contribution is 2.02. The van der Waals surface area contributed by atoms with Crippen LogP contribution in [-0.4, -0.2) is 23.0 Å². The van der Waals surface area contributed by atoms with Crippen LogP contribution in [0.5, 0.6) is 0 Å². The summed E-state index contributed by atoms with van der Waals surface area (Å²) in [6.07, 6.45) is 0.838. The quantitative estimate of drug-likeness (QED) is 0.431. The number of nitrogens with one attached hydrogen (secondary N) is 1. The first-order chi connectivity index (χ1) is 7.04. The maximum atomic E-state index is 11.1. The molecule has 0 amide bonds. The van der Waals surface area contributed by atoms with Gasteiger partial charge in [-0.05, 0) is 0 Å². The summed E-state index contributed by atoms with van der Waals surface area (Å²) in [6, 6.07) is 1.01. The molecular weight excluding hydrogens is 204 g/mol. The van der Waals surface area contributed by atoms with Crippen molar-refractivity contribution in [2.24, 2.45) is 0 Å².